The summed E-state index contributed by atoms with van der Waals surface area (Å²) in [7, 11) is 0. The van der Waals surface area contributed by atoms with Gasteiger partial charge in [0.25, 0.3) is 5.91 Å². The number of amides is 1. The Bertz CT molecular complexity index is 492. The summed E-state index contributed by atoms with van der Waals surface area (Å²) in [6.07, 6.45) is 2.41. The number of ether oxygens (including phenoxy) is 1. The first kappa shape index (κ1) is 17.1. The Hall–Kier alpha value is -1.98. The van der Waals surface area contributed by atoms with Crippen molar-refractivity contribution in [2.24, 2.45) is 0 Å². The third kappa shape index (κ3) is 6.33. The molecule has 1 aromatic rings. The van der Waals surface area contributed by atoms with Gasteiger partial charge in [-0.3, -0.25) is 9.59 Å². The molecular weight excluding hydrogens is 280 g/mol. The van der Waals surface area contributed by atoms with E-state index >= 15 is 0 Å². The van der Waals surface area contributed by atoms with Gasteiger partial charge in [-0.05, 0) is 38.0 Å². The molecule has 6 heteroatoms. The molecule has 0 aliphatic heterocycles. The van der Waals surface area contributed by atoms with Crippen LogP contribution >= 0.6 is 0 Å². The molecule has 0 fully saturated rings. The maximum absolute atomic E-state index is 13.3. The predicted molar refractivity (Wildman–Crippen MR) is 73.8 cm³/mol. The molecule has 0 aliphatic rings. The topological polar surface area (TPSA) is 55.4 Å². The Balaban J connectivity index is 2.22. The summed E-state index contributed by atoms with van der Waals surface area (Å²) in [5, 5.41) is 2.52. The minimum Gasteiger partial charge on any atom is -0.466 e. The predicted octanol–water partition coefficient (Wildman–Crippen LogP) is 2.82. The summed E-state index contributed by atoms with van der Waals surface area (Å²) in [5.74, 6) is -2.28. The lowest BCUT2D eigenvalue weighted by Gasteiger charge is -2.06. The number of hydrogen-bond acceptors (Lipinski definition) is 3. The molecule has 1 aromatic carbocycles. The zero-order valence-corrected chi connectivity index (χ0v) is 12.0. The van der Waals surface area contributed by atoms with Crippen molar-refractivity contribution >= 4 is 11.9 Å². The number of hydrogen-bond donors (Lipinski definition) is 1. The van der Waals surface area contributed by atoms with Gasteiger partial charge in [0.05, 0.1) is 12.2 Å². The van der Waals surface area contributed by atoms with Crippen LogP contribution in [-0.4, -0.2) is 25.0 Å². The first-order valence-electron chi connectivity index (χ1n) is 6.93. The number of carbonyl (C=O) groups is 2. The molecule has 0 spiro atoms. The van der Waals surface area contributed by atoms with E-state index in [1.165, 1.54) is 0 Å². The molecule has 0 bridgehead atoms. The first-order valence-corrected chi connectivity index (χ1v) is 6.93. The van der Waals surface area contributed by atoms with Crippen LogP contribution in [0.15, 0.2) is 18.2 Å². The van der Waals surface area contributed by atoms with Gasteiger partial charge in [-0.15, -0.1) is 0 Å². The average molecular weight is 299 g/mol. The highest BCUT2D eigenvalue weighted by molar-refractivity contribution is 5.94. The molecule has 1 rings (SSSR count). The lowest BCUT2D eigenvalue weighted by Crippen LogP contribution is -2.25. The van der Waals surface area contributed by atoms with Gasteiger partial charge in [-0.1, -0.05) is 6.42 Å². The smallest absolute Gasteiger partial charge is 0.305 e. The Morgan fingerprint density at radius 2 is 1.95 bits per heavy atom. The minimum atomic E-state index is -0.754. The van der Waals surface area contributed by atoms with Crippen molar-refractivity contribution in [2.75, 3.05) is 13.2 Å². The lowest BCUT2D eigenvalue weighted by molar-refractivity contribution is -0.143. The molecular formula is C15H19F2NO3. The quantitative estimate of drug-likeness (QED) is 0.593. The monoisotopic (exact) mass is 299 g/mol. The molecule has 0 saturated heterocycles. The Labute approximate surface area is 122 Å². The van der Waals surface area contributed by atoms with Gasteiger partial charge in [0.15, 0.2) is 0 Å². The third-order valence-electron chi connectivity index (χ3n) is 2.82. The maximum atomic E-state index is 13.3. The molecule has 0 heterocycles. The molecule has 1 amide bonds. The number of unbranched alkanes of at least 4 members (excludes halogenated alkanes) is 2. The van der Waals surface area contributed by atoms with Gasteiger partial charge in [0.1, 0.15) is 11.6 Å². The third-order valence-corrected chi connectivity index (χ3v) is 2.82. The van der Waals surface area contributed by atoms with E-state index < -0.39 is 17.5 Å². The number of carbonyl (C=O) groups excluding carboxylic acids is 2. The molecule has 0 unspecified atom stereocenters. The van der Waals surface area contributed by atoms with Crippen molar-refractivity contribution in [3.8, 4) is 0 Å². The zero-order chi connectivity index (χ0) is 15.7. The maximum Gasteiger partial charge on any atom is 0.305 e. The Kier molecular flexibility index (Phi) is 7.36. The number of halogens is 2. The van der Waals surface area contributed by atoms with Crippen LogP contribution < -0.4 is 5.32 Å². The van der Waals surface area contributed by atoms with E-state index in [-0.39, 0.29) is 11.5 Å². The Morgan fingerprint density at radius 3 is 2.67 bits per heavy atom. The van der Waals surface area contributed by atoms with Crippen molar-refractivity contribution in [2.45, 2.75) is 32.6 Å². The first-order chi connectivity index (χ1) is 10.0. The molecule has 21 heavy (non-hydrogen) atoms. The van der Waals surface area contributed by atoms with Crippen molar-refractivity contribution in [1.82, 2.24) is 5.32 Å². The molecule has 0 aromatic heterocycles. The highest BCUT2D eigenvalue weighted by Crippen LogP contribution is 2.09. The molecule has 4 nitrogen and oxygen atoms in total. The normalized spacial score (nSPS) is 10.2. The minimum absolute atomic E-state index is 0.233. The second kappa shape index (κ2) is 9.05. The van der Waals surface area contributed by atoms with Crippen LogP contribution in [0.4, 0.5) is 8.78 Å². The zero-order valence-electron chi connectivity index (χ0n) is 12.0. The van der Waals surface area contributed by atoms with Gasteiger partial charge in [0, 0.05) is 13.0 Å². The van der Waals surface area contributed by atoms with Gasteiger partial charge >= 0.3 is 5.97 Å². The number of rotatable bonds is 8. The van der Waals surface area contributed by atoms with E-state index in [1.54, 1.807) is 6.92 Å². The van der Waals surface area contributed by atoms with Crippen LogP contribution in [0.3, 0.4) is 0 Å². The van der Waals surface area contributed by atoms with Crippen LogP contribution in [0, 0.1) is 11.6 Å². The van der Waals surface area contributed by atoms with E-state index in [1.807, 2.05) is 0 Å². The number of benzene rings is 1. The van der Waals surface area contributed by atoms with E-state index in [9.17, 15) is 18.4 Å². The van der Waals surface area contributed by atoms with E-state index in [0.29, 0.717) is 32.4 Å². The SMILES string of the molecule is CCOC(=O)CCCCCNC(=O)c1cc(F)ccc1F. The lowest BCUT2D eigenvalue weighted by atomic mass is 10.1. The second-order valence-electron chi connectivity index (χ2n) is 4.50. The van der Waals surface area contributed by atoms with Crippen LogP contribution in [0.25, 0.3) is 0 Å². The van der Waals surface area contributed by atoms with Crippen molar-refractivity contribution in [3.05, 3.63) is 35.4 Å². The fraction of sp³-hybridized carbons (Fsp3) is 0.467. The van der Waals surface area contributed by atoms with Crippen LogP contribution in [0.5, 0.6) is 0 Å². The van der Waals surface area contributed by atoms with Crippen LogP contribution in [0.1, 0.15) is 43.0 Å². The average Bonchev–Trinajstić information content (AvgIpc) is 2.45. The molecule has 0 saturated carbocycles. The summed E-state index contributed by atoms with van der Waals surface area (Å²) >= 11 is 0. The summed E-state index contributed by atoms with van der Waals surface area (Å²) in [4.78, 5) is 22.7. The number of nitrogens with one attached hydrogen (secondary N) is 1. The summed E-state index contributed by atoms with van der Waals surface area (Å²) in [6.45, 7) is 2.46. The van der Waals surface area contributed by atoms with Gasteiger partial charge in [-0.25, -0.2) is 8.78 Å². The van der Waals surface area contributed by atoms with Gasteiger partial charge in [-0.2, -0.15) is 0 Å². The van der Waals surface area contributed by atoms with Crippen LogP contribution in [0.2, 0.25) is 0 Å². The fourth-order valence-electron chi connectivity index (χ4n) is 1.77. The molecule has 0 atom stereocenters. The summed E-state index contributed by atoms with van der Waals surface area (Å²) < 4.78 is 31.1. The fourth-order valence-corrected chi connectivity index (χ4v) is 1.77. The van der Waals surface area contributed by atoms with Crippen molar-refractivity contribution < 1.29 is 23.1 Å². The number of esters is 1. The molecule has 0 aliphatic carbocycles. The summed E-state index contributed by atoms with van der Waals surface area (Å²) in [6, 6.07) is 2.75. The largest absolute Gasteiger partial charge is 0.466 e. The standard InChI is InChI=1S/C15H19F2NO3/c1-2-21-14(19)6-4-3-5-9-18-15(20)12-10-11(16)7-8-13(12)17/h7-8,10H,2-6,9H2,1H3,(H,18,20). The molecule has 116 valence electrons. The summed E-state index contributed by atoms with van der Waals surface area (Å²) in [5.41, 5.74) is -0.304. The van der Waals surface area contributed by atoms with Gasteiger partial charge < -0.3 is 10.1 Å². The highest BCUT2D eigenvalue weighted by atomic mass is 19.1. The van der Waals surface area contributed by atoms with Crippen molar-refractivity contribution in [3.63, 3.8) is 0 Å². The van der Waals surface area contributed by atoms with E-state index in [2.05, 4.69) is 5.32 Å². The second-order valence-corrected chi connectivity index (χ2v) is 4.50. The van der Waals surface area contributed by atoms with E-state index in [4.69, 9.17) is 4.74 Å². The Morgan fingerprint density at radius 1 is 1.19 bits per heavy atom. The molecule has 1 N–H and O–H groups in total. The highest BCUT2D eigenvalue weighted by Gasteiger charge is 2.12. The van der Waals surface area contributed by atoms with E-state index in [0.717, 1.165) is 24.6 Å². The van der Waals surface area contributed by atoms with Gasteiger partial charge in [0.2, 0.25) is 0 Å². The molecule has 0 radical (unpaired) electrons. The van der Waals surface area contributed by atoms with Crippen molar-refractivity contribution in [1.29, 1.82) is 0 Å². The van der Waals surface area contributed by atoms with Crippen LogP contribution in [-0.2, 0) is 9.53 Å².